The van der Waals surface area contributed by atoms with Gasteiger partial charge in [0.25, 0.3) is 5.56 Å². The Hall–Kier alpha value is -2.12. The molecule has 1 N–H and O–H groups in total. The monoisotopic (exact) mass is 509 g/mol. The maximum atomic E-state index is 14.0. The number of thiophene rings is 1. The Balaban J connectivity index is 1.47. The minimum atomic E-state index is 0.00396. The van der Waals surface area contributed by atoms with Gasteiger partial charge in [0.15, 0.2) is 5.16 Å². The second-order valence-corrected chi connectivity index (χ2v) is 12.1. The number of aromatic nitrogens is 2. The number of hydrogen-bond acceptors (Lipinski definition) is 5. The van der Waals surface area contributed by atoms with Gasteiger partial charge in [0.05, 0.1) is 16.8 Å². The molecule has 2 aliphatic rings. The lowest BCUT2D eigenvalue weighted by molar-refractivity contribution is -0.119. The number of fused-ring (bicyclic) bond motifs is 3. The van der Waals surface area contributed by atoms with Crippen LogP contribution in [-0.4, -0.2) is 27.3 Å². The second-order valence-electron chi connectivity index (χ2n) is 10.1. The number of aryl methyl sites for hydroxylation is 4. The summed E-state index contributed by atoms with van der Waals surface area (Å²) in [6, 6.07) is 6.42. The number of carbonyl (C=O) groups excluding carboxylic acids is 1. The summed E-state index contributed by atoms with van der Waals surface area (Å²) in [7, 11) is 0. The van der Waals surface area contributed by atoms with Gasteiger partial charge in [-0.2, -0.15) is 0 Å². The predicted molar refractivity (Wildman–Crippen MR) is 146 cm³/mol. The highest BCUT2D eigenvalue weighted by Gasteiger charge is 2.24. The summed E-state index contributed by atoms with van der Waals surface area (Å²) in [5, 5.41) is 4.65. The lowest BCUT2D eigenvalue weighted by Crippen LogP contribution is -2.36. The molecular weight excluding hydrogens is 474 g/mol. The quantitative estimate of drug-likeness (QED) is 0.325. The Morgan fingerprint density at radius 3 is 2.60 bits per heavy atom. The minimum Gasteiger partial charge on any atom is -0.353 e. The van der Waals surface area contributed by atoms with Gasteiger partial charge in [0.2, 0.25) is 5.91 Å². The fourth-order valence-electron chi connectivity index (χ4n) is 5.55. The Bertz CT molecular complexity index is 1290. The van der Waals surface area contributed by atoms with Gasteiger partial charge in [0, 0.05) is 10.9 Å². The molecule has 186 valence electrons. The van der Waals surface area contributed by atoms with E-state index in [2.05, 4.69) is 18.3 Å². The van der Waals surface area contributed by atoms with E-state index in [0.717, 1.165) is 59.1 Å². The van der Waals surface area contributed by atoms with Crippen LogP contribution in [0, 0.1) is 13.8 Å². The van der Waals surface area contributed by atoms with E-state index < -0.39 is 0 Å². The van der Waals surface area contributed by atoms with E-state index in [1.165, 1.54) is 60.7 Å². The first-order valence-electron chi connectivity index (χ1n) is 13.1. The molecule has 0 spiro atoms. The molecule has 2 aliphatic carbocycles. The molecular formula is C28H35N3O2S2. The molecule has 2 aromatic heterocycles. The number of nitrogens with zero attached hydrogens (tertiary/aromatic N) is 2. The molecule has 7 heteroatoms. The fraction of sp³-hybridized carbons (Fsp3) is 0.536. The number of carbonyl (C=O) groups is 1. The van der Waals surface area contributed by atoms with Gasteiger partial charge in [-0.1, -0.05) is 61.6 Å². The average molecular weight is 510 g/mol. The third-order valence-electron chi connectivity index (χ3n) is 7.35. The van der Waals surface area contributed by atoms with Crippen molar-refractivity contribution in [3.63, 3.8) is 0 Å². The van der Waals surface area contributed by atoms with E-state index in [9.17, 15) is 9.59 Å². The van der Waals surface area contributed by atoms with Crippen LogP contribution in [0.4, 0.5) is 0 Å². The normalized spacial score (nSPS) is 17.1. The van der Waals surface area contributed by atoms with Gasteiger partial charge in [-0.15, -0.1) is 11.3 Å². The SMILES string of the molecule is Cc1ccc(-n2c(SCC(=O)NC3CCCCCCC3)nc3sc4c(c3c2=O)CCCC4)c(C)c1. The number of amides is 1. The van der Waals surface area contributed by atoms with Crippen molar-refractivity contribution >= 4 is 39.2 Å². The third-order valence-corrected chi connectivity index (χ3v) is 9.48. The van der Waals surface area contributed by atoms with Gasteiger partial charge in [-0.3, -0.25) is 14.2 Å². The molecule has 5 nitrogen and oxygen atoms in total. The largest absolute Gasteiger partial charge is 0.353 e. The van der Waals surface area contributed by atoms with Crippen LogP contribution in [0.3, 0.4) is 0 Å². The van der Waals surface area contributed by atoms with E-state index in [4.69, 9.17) is 4.98 Å². The summed E-state index contributed by atoms with van der Waals surface area (Å²) >= 11 is 3.05. The van der Waals surface area contributed by atoms with E-state index in [1.807, 2.05) is 19.1 Å². The van der Waals surface area contributed by atoms with Crippen molar-refractivity contribution in [2.75, 3.05) is 5.75 Å². The Labute approximate surface area is 215 Å². The molecule has 1 amide bonds. The first-order valence-corrected chi connectivity index (χ1v) is 14.9. The summed E-state index contributed by atoms with van der Waals surface area (Å²) < 4.78 is 1.76. The molecule has 0 saturated heterocycles. The molecule has 1 aromatic carbocycles. The molecule has 0 unspecified atom stereocenters. The zero-order chi connectivity index (χ0) is 24.4. The highest BCUT2D eigenvalue weighted by molar-refractivity contribution is 7.99. The molecule has 0 atom stereocenters. The summed E-state index contributed by atoms with van der Waals surface area (Å²) in [6.07, 6.45) is 12.6. The van der Waals surface area contributed by atoms with Gasteiger partial charge in [0.1, 0.15) is 4.83 Å². The summed E-state index contributed by atoms with van der Waals surface area (Å²) in [6.45, 7) is 4.10. The van der Waals surface area contributed by atoms with Gasteiger partial charge in [-0.05, 0) is 69.6 Å². The van der Waals surface area contributed by atoms with Crippen molar-refractivity contribution in [3.05, 3.63) is 50.1 Å². The van der Waals surface area contributed by atoms with Crippen LogP contribution in [0.2, 0.25) is 0 Å². The van der Waals surface area contributed by atoms with Gasteiger partial charge >= 0.3 is 0 Å². The van der Waals surface area contributed by atoms with Crippen LogP contribution in [0.1, 0.15) is 79.4 Å². The molecule has 0 bridgehead atoms. The summed E-state index contributed by atoms with van der Waals surface area (Å²) in [5.41, 5.74) is 4.26. The number of nitrogens with one attached hydrogen (secondary N) is 1. The lowest BCUT2D eigenvalue weighted by Gasteiger charge is -2.21. The zero-order valence-electron chi connectivity index (χ0n) is 20.8. The highest BCUT2D eigenvalue weighted by Crippen LogP contribution is 2.35. The van der Waals surface area contributed by atoms with Crippen molar-refractivity contribution in [3.8, 4) is 5.69 Å². The van der Waals surface area contributed by atoms with E-state index in [1.54, 1.807) is 15.9 Å². The Morgan fingerprint density at radius 1 is 1.09 bits per heavy atom. The molecule has 3 aromatic rings. The van der Waals surface area contributed by atoms with E-state index in [-0.39, 0.29) is 23.3 Å². The first kappa shape index (κ1) is 24.6. The van der Waals surface area contributed by atoms with Crippen LogP contribution in [-0.2, 0) is 17.6 Å². The maximum absolute atomic E-state index is 14.0. The molecule has 35 heavy (non-hydrogen) atoms. The number of hydrogen-bond donors (Lipinski definition) is 1. The third kappa shape index (κ3) is 5.36. The summed E-state index contributed by atoms with van der Waals surface area (Å²) in [5.74, 6) is 0.303. The fourth-order valence-corrected chi connectivity index (χ4v) is 7.67. The van der Waals surface area contributed by atoms with Crippen molar-refractivity contribution in [1.82, 2.24) is 14.9 Å². The first-order chi connectivity index (χ1) is 17.0. The van der Waals surface area contributed by atoms with Crippen molar-refractivity contribution in [2.45, 2.75) is 95.7 Å². The topological polar surface area (TPSA) is 64.0 Å². The number of thioether (sulfide) groups is 1. The molecule has 1 saturated carbocycles. The van der Waals surface area contributed by atoms with Crippen LogP contribution in [0.15, 0.2) is 28.2 Å². The van der Waals surface area contributed by atoms with Crippen LogP contribution in [0.25, 0.3) is 15.9 Å². The lowest BCUT2D eigenvalue weighted by atomic mass is 9.97. The van der Waals surface area contributed by atoms with Crippen molar-refractivity contribution in [1.29, 1.82) is 0 Å². The second kappa shape index (κ2) is 10.9. The maximum Gasteiger partial charge on any atom is 0.267 e. The van der Waals surface area contributed by atoms with Crippen LogP contribution >= 0.6 is 23.1 Å². The molecule has 0 aliphatic heterocycles. The number of rotatable bonds is 5. The van der Waals surface area contributed by atoms with Crippen molar-refractivity contribution in [2.24, 2.45) is 0 Å². The highest BCUT2D eigenvalue weighted by atomic mass is 32.2. The molecule has 0 radical (unpaired) electrons. The van der Waals surface area contributed by atoms with Gasteiger partial charge < -0.3 is 5.32 Å². The van der Waals surface area contributed by atoms with Crippen LogP contribution < -0.4 is 10.9 Å². The standard InChI is InChI=1S/C28H35N3O2S2/c1-18-14-15-22(19(2)16-18)31-27(33)25-21-12-8-9-13-23(21)35-26(25)30-28(31)34-17-24(32)29-20-10-6-4-3-5-7-11-20/h14-16,20H,3-13,17H2,1-2H3,(H,29,32). The zero-order valence-corrected chi connectivity index (χ0v) is 22.5. The number of benzene rings is 1. The average Bonchev–Trinajstić information content (AvgIpc) is 3.19. The van der Waals surface area contributed by atoms with E-state index >= 15 is 0 Å². The van der Waals surface area contributed by atoms with Crippen LogP contribution in [0.5, 0.6) is 0 Å². The Morgan fingerprint density at radius 2 is 1.83 bits per heavy atom. The predicted octanol–water partition coefficient (Wildman–Crippen LogP) is 6.26. The summed E-state index contributed by atoms with van der Waals surface area (Å²) in [4.78, 5) is 34.0. The van der Waals surface area contributed by atoms with Crippen molar-refractivity contribution < 1.29 is 4.79 Å². The molecule has 1 fully saturated rings. The van der Waals surface area contributed by atoms with Gasteiger partial charge in [-0.25, -0.2) is 4.98 Å². The molecule has 2 heterocycles. The smallest absolute Gasteiger partial charge is 0.267 e. The minimum absolute atomic E-state index is 0.00396. The van der Waals surface area contributed by atoms with E-state index in [0.29, 0.717) is 5.16 Å². The Kier molecular flexibility index (Phi) is 7.63. The molecule has 5 rings (SSSR count).